The minimum atomic E-state index is 0.135. The van der Waals surface area contributed by atoms with E-state index in [0.29, 0.717) is 30.6 Å². The average Bonchev–Trinajstić information content (AvgIpc) is 3.28. The molecule has 0 aliphatic rings. The second kappa shape index (κ2) is 11.4. The first-order valence-electron chi connectivity index (χ1n) is 12.1. The van der Waals surface area contributed by atoms with E-state index in [-0.39, 0.29) is 5.75 Å². The van der Waals surface area contributed by atoms with Crippen LogP contribution in [0.2, 0.25) is 0 Å². The second-order valence-corrected chi connectivity index (χ2v) is 9.27. The van der Waals surface area contributed by atoms with Crippen LogP contribution in [0.4, 0.5) is 5.69 Å². The molecule has 4 rings (SSSR count). The molecule has 0 radical (unpaired) electrons. The summed E-state index contributed by atoms with van der Waals surface area (Å²) in [6, 6.07) is 17.8. The number of rotatable bonds is 9. The third kappa shape index (κ3) is 5.91. The molecule has 36 heavy (non-hydrogen) atoms. The van der Waals surface area contributed by atoms with Crippen LogP contribution in [0.25, 0.3) is 10.9 Å². The van der Waals surface area contributed by atoms with Gasteiger partial charge < -0.3 is 29.8 Å². The highest BCUT2D eigenvalue weighted by molar-refractivity contribution is 7.80. The molecule has 0 amide bonds. The lowest BCUT2D eigenvalue weighted by Crippen LogP contribution is -2.36. The van der Waals surface area contributed by atoms with Crippen molar-refractivity contribution in [2.45, 2.75) is 33.7 Å². The van der Waals surface area contributed by atoms with Gasteiger partial charge in [-0.2, -0.15) is 0 Å². The van der Waals surface area contributed by atoms with Crippen LogP contribution < -0.4 is 14.8 Å². The number of benzene rings is 3. The number of aromatic hydroxyl groups is 1. The van der Waals surface area contributed by atoms with Gasteiger partial charge in [0.25, 0.3) is 0 Å². The molecular weight excluding hydrogens is 470 g/mol. The number of methoxy groups -OCH3 is 1. The lowest BCUT2D eigenvalue weighted by Gasteiger charge is -2.27. The molecule has 6 nitrogen and oxygen atoms in total. The molecular formula is C29H33N3O3S. The van der Waals surface area contributed by atoms with E-state index >= 15 is 0 Å². The van der Waals surface area contributed by atoms with Crippen LogP contribution in [-0.2, 0) is 13.0 Å². The lowest BCUT2D eigenvalue weighted by molar-refractivity contribution is 0.317. The third-order valence-electron chi connectivity index (χ3n) is 6.25. The SMILES string of the molecule is CCOc1cc(CN(CCc2c[nH]c3ccc(OC)cc23)C(=S)Nc2cc(C)ccc2C)ccc1O. The van der Waals surface area contributed by atoms with Crippen molar-refractivity contribution in [3.63, 3.8) is 0 Å². The van der Waals surface area contributed by atoms with Crippen LogP contribution in [0.5, 0.6) is 17.2 Å². The van der Waals surface area contributed by atoms with E-state index in [2.05, 4.69) is 59.5 Å². The van der Waals surface area contributed by atoms with Gasteiger partial charge in [-0.25, -0.2) is 0 Å². The van der Waals surface area contributed by atoms with Crippen molar-refractivity contribution in [2.75, 3.05) is 25.6 Å². The number of thiocarbonyl (C=S) groups is 1. The summed E-state index contributed by atoms with van der Waals surface area (Å²) in [4.78, 5) is 5.51. The minimum absolute atomic E-state index is 0.135. The standard InChI is InChI=1S/C29H33N3O3S/c1-5-35-28-15-21(8-11-27(28)33)18-32(29(36)31-26-14-19(2)6-7-20(26)3)13-12-22-17-30-25-10-9-23(34-4)16-24(22)25/h6-11,14-17,30,33H,5,12-13,18H2,1-4H3,(H,31,36). The fourth-order valence-corrected chi connectivity index (χ4v) is 4.48. The number of phenolic OH excluding ortho intramolecular Hbond substituents is 1. The molecule has 1 heterocycles. The number of H-pyrrole nitrogens is 1. The number of aromatic amines is 1. The van der Waals surface area contributed by atoms with Gasteiger partial charge in [-0.05, 0) is 98.1 Å². The van der Waals surface area contributed by atoms with Crippen LogP contribution >= 0.6 is 12.2 Å². The Kier molecular flexibility index (Phi) is 8.00. The van der Waals surface area contributed by atoms with Crippen molar-refractivity contribution >= 4 is 33.9 Å². The zero-order valence-electron chi connectivity index (χ0n) is 21.2. The normalized spacial score (nSPS) is 10.9. The fraction of sp³-hybridized carbons (Fsp3) is 0.276. The first-order chi connectivity index (χ1) is 17.4. The van der Waals surface area contributed by atoms with E-state index in [1.165, 1.54) is 11.1 Å². The van der Waals surface area contributed by atoms with Gasteiger partial charge in [-0.3, -0.25) is 0 Å². The summed E-state index contributed by atoms with van der Waals surface area (Å²) in [6.07, 6.45) is 2.84. The quantitative estimate of drug-likeness (QED) is 0.232. The molecule has 0 aliphatic carbocycles. The van der Waals surface area contributed by atoms with Crippen LogP contribution in [0.1, 0.15) is 29.2 Å². The van der Waals surface area contributed by atoms with Gasteiger partial charge in [-0.15, -0.1) is 0 Å². The highest BCUT2D eigenvalue weighted by Crippen LogP contribution is 2.28. The smallest absolute Gasteiger partial charge is 0.173 e. The number of ether oxygens (including phenoxy) is 2. The molecule has 3 aromatic carbocycles. The number of aromatic nitrogens is 1. The number of nitrogens with one attached hydrogen (secondary N) is 2. The maximum absolute atomic E-state index is 10.1. The van der Waals surface area contributed by atoms with Crippen molar-refractivity contribution in [3.05, 3.63) is 83.0 Å². The molecule has 0 aliphatic heterocycles. The summed E-state index contributed by atoms with van der Waals surface area (Å²) in [6.45, 7) is 7.80. The van der Waals surface area contributed by atoms with Gasteiger partial charge in [0.2, 0.25) is 0 Å². The molecule has 4 aromatic rings. The maximum atomic E-state index is 10.1. The Bertz CT molecular complexity index is 1370. The highest BCUT2D eigenvalue weighted by atomic mass is 32.1. The molecule has 3 N–H and O–H groups in total. The van der Waals surface area contributed by atoms with Gasteiger partial charge in [0.05, 0.1) is 13.7 Å². The predicted octanol–water partition coefficient (Wildman–Crippen LogP) is 6.34. The molecule has 0 atom stereocenters. The molecule has 0 saturated carbocycles. The van der Waals surface area contributed by atoms with Crippen LogP contribution in [0.3, 0.4) is 0 Å². The van der Waals surface area contributed by atoms with Gasteiger partial charge in [-0.1, -0.05) is 18.2 Å². The zero-order valence-corrected chi connectivity index (χ0v) is 22.0. The minimum Gasteiger partial charge on any atom is -0.504 e. The zero-order chi connectivity index (χ0) is 25.7. The molecule has 0 unspecified atom stereocenters. The largest absolute Gasteiger partial charge is 0.504 e. The van der Waals surface area contributed by atoms with E-state index in [0.717, 1.165) is 39.9 Å². The summed E-state index contributed by atoms with van der Waals surface area (Å²) < 4.78 is 11.0. The molecule has 0 spiro atoms. The number of phenols is 1. The second-order valence-electron chi connectivity index (χ2n) is 8.88. The van der Waals surface area contributed by atoms with Crippen molar-refractivity contribution in [3.8, 4) is 17.2 Å². The number of hydrogen-bond acceptors (Lipinski definition) is 4. The van der Waals surface area contributed by atoms with Gasteiger partial charge in [0, 0.05) is 35.9 Å². The summed E-state index contributed by atoms with van der Waals surface area (Å²) in [7, 11) is 1.68. The Morgan fingerprint density at radius 1 is 1.08 bits per heavy atom. The first kappa shape index (κ1) is 25.4. The number of nitrogens with zero attached hydrogens (tertiary/aromatic N) is 1. The molecule has 0 saturated heterocycles. The Hall–Kier alpha value is -3.71. The Balaban J connectivity index is 1.59. The van der Waals surface area contributed by atoms with E-state index in [1.54, 1.807) is 13.2 Å². The fourth-order valence-electron chi connectivity index (χ4n) is 4.21. The van der Waals surface area contributed by atoms with Crippen LogP contribution in [0.15, 0.2) is 60.8 Å². The average molecular weight is 504 g/mol. The van der Waals surface area contributed by atoms with E-state index in [1.807, 2.05) is 31.2 Å². The van der Waals surface area contributed by atoms with Gasteiger partial charge in [0.1, 0.15) is 5.75 Å². The Labute approximate surface area is 217 Å². The summed E-state index contributed by atoms with van der Waals surface area (Å²) in [5.74, 6) is 1.45. The molecule has 1 aromatic heterocycles. The third-order valence-corrected chi connectivity index (χ3v) is 6.61. The van der Waals surface area contributed by atoms with Gasteiger partial charge in [0.15, 0.2) is 16.6 Å². The topological polar surface area (TPSA) is 69.8 Å². The van der Waals surface area contributed by atoms with E-state index in [4.69, 9.17) is 21.7 Å². The number of aryl methyl sites for hydroxylation is 2. The lowest BCUT2D eigenvalue weighted by atomic mass is 10.1. The highest BCUT2D eigenvalue weighted by Gasteiger charge is 2.15. The molecule has 0 fully saturated rings. The first-order valence-corrected chi connectivity index (χ1v) is 12.5. The van der Waals surface area contributed by atoms with Crippen molar-refractivity contribution in [1.82, 2.24) is 9.88 Å². The Morgan fingerprint density at radius 3 is 2.69 bits per heavy atom. The molecule has 7 heteroatoms. The summed E-state index contributed by atoms with van der Waals surface area (Å²) in [5.41, 5.74) is 6.59. The summed E-state index contributed by atoms with van der Waals surface area (Å²) in [5, 5.41) is 15.4. The van der Waals surface area contributed by atoms with Crippen molar-refractivity contribution in [1.29, 1.82) is 0 Å². The molecule has 0 bridgehead atoms. The monoisotopic (exact) mass is 503 g/mol. The van der Waals surface area contributed by atoms with E-state index < -0.39 is 0 Å². The molecule has 188 valence electrons. The number of fused-ring (bicyclic) bond motifs is 1. The predicted molar refractivity (Wildman–Crippen MR) is 150 cm³/mol. The maximum Gasteiger partial charge on any atom is 0.173 e. The van der Waals surface area contributed by atoms with Gasteiger partial charge >= 0.3 is 0 Å². The van der Waals surface area contributed by atoms with Crippen LogP contribution in [0, 0.1) is 13.8 Å². The number of anilines is 1. The van der Waals surface area contributed by atoms with Crippen LogP contribution in [-0.4, -0.2) is 40.4 Å². The Morgan fingerprint density at radius 2 is 1.92 bits per heavy atom. The van der Waals surface area contributed by atoms with Crippen molar-refractivity contribution < 1.29 is 14.6 Å². The number of hydrogen-bond donors (Lipinski definition) is 3. The van der Waals surface area contributed by atoms with Crippen molar-refractivity contribution in [2.24, 2.45) is 0 Å². The van der Waals surface area contributed by atoms with E-state index in [9.17, 15) is 5.11 Å². The summed E-state index contributed by atoms with van der Waals surface area (Å²) >= 11 is 5.91.